The smallest absolute Gasteiger partial charge is 0.337 e. The molecule has 1 atom stereocenters. The third-order valence-electron chi connectivity index (χ3n) is 2.41. The Morgan fingerprint density at radius 2 is 2.06 bits per heavy atom. The summed E-state index contributed by atoms with van der Waals surface area (Å²) in [5.74, 6) is -1.42. The van der Waals surface area contributed by atoms with E-state index in [9.17, 15) is 19.5 Å². The van der Waals surface area contributed by atoms with Gasteiger partial charge < -0.3 is 15.0 Å². The molecule has 2 N–H and O–H groups in total. The Morgan fingerprint density at radius 1 is 1.35 bits per heavy atom. The molecule has 1 unspecified atom stereocenters. The molecule has 0 amide bonds. The van der Waals surface area contributed by atoms with Gasteiger partial charge in [-0.1, -0.05) is 18.2 Å². The Hall–Kier alpha value is -2.01. The summed E-state index contributed by atoms with van der Waals surface area (Å²) >= 11 is 0. The van der Waals surface area contributed by atoms with Crippen LogP contribution in [0.4, 0.5) is 0 Å². The lowest BCUT2D eigenvalue weighted by atomic mass is 9.95. The monoisotopic (exact) mass is 236 g/mol. The standard InChI is InChI=1S/C12H12O5/c13-6-2-4-8-3-1-5-9(10(8)7-14)11(15)12(16)17/h1,3,5-7,11,15H,2,4H2,(H,16,17). The van der Waals surface area contributed by atoms with Gasteiger partial charge in [-0.2, -0.15) is 0 Å². The Labute approximate surface area is 97.7 Å². The van der Waals surface area contributed by atoms with E-state index in [0.717, 1.165) is 6.29 Å². The van der Waals surface area contributed by atoms with Crippen LogP contribution in [0.5, 0.6) is 0 Å². The average molecular weight is 236 g/mol. The van der Waals surface area contributed by atoms with Gasteiger partial charge >= 0.3 is 5.97 Å². The molecule has 0 heterocycles. The quantitative estimate of drug-likeness (QED) is 0.711. The highest BCUT2D eigenvalue weighted by Crippen LogP contribution is 2.21. The molecule has 0 saturated heterocycles. The van der Waals surface area contributed by atoms with Crippen molar-refractivity contribution in [2.24, 2.45) is 0 Å². The summed E-state index contributed by atoms with van der Waals surface area (Å²) in [6, 6.07) is 4.56. The molecule has 0 aliphatic rings. The molecule has 1 rings (SSSR count). The number of hydrogen-bond acceptors (Lipinski definition) is 4. The van der Waals surface area contributed by atoms with E-state index in [1.54, 1.807) is 12.1 Å². The number of aliphatic hydroxyl groups is 1. The number of carbonyl (C=O) groups excluding carboxylic acids is 2. The molecule has 0 radical (unpaired) electrons. The van der Waals surface area contributed by atoms with Crippen LogP contribution in [0.15, 0.2) is 18.2 Å². The van der Waals surface area contributed by atoms with Gasteiger partial charge in [0.1, 0.15) is 6.29 Å². The van der Waals surface area contributed by atoms with Gasteiger partial charge in [-0.25, -0.2) is 4.79 Å². The van der Waals surface area contributed by atoms with Gasteiger partial charge in [0.2, 0.25) is 0 Å². The minimum atomic E-state index is -1.73. The van der Waals surface area contributed by atoms with Gasteiger partial charge in [0.25, 0.3) is 0 Å². The maximum absolute atomic E-state index is 10.9. The lowest BCUT2D eigenvalue weighted by Crippen LogP contribution is -2.13. The number of aryl methyl sites for hydroxylation is 1. The summed E-state index contributed by atoms with van der Waals surface area (Å²) < 4.78 is 0. The van der Waals surface area contributed by atoms with Crippen molar-refractivity contribution < 1.29 is 24.6 Å². The molecule has 5 heteroatoms. The van der Waals surface area contributed by atoms with Crippen LogP contribution < -0.4 is 0 Å². The molecule has 0 spiro atoms. The lowest BCUT2D eigenvalue weighted by molar-refractivity contribution is -0.147. The summed E-state index contributed by atoms with van der Waals surface area (Å²) in [6.07, 6.45) is 0.0771. The van der Waals surface area contributed by atoms with Crippen molar-refractivity contribution in [2.75, 3.05) is 0 Å². The van der Waals surface area contributed by atoms with Crippen LogP contribution in [0.1, 0.15) is 34.0 Å². The van der Waals surface area contributed by atoms with E-state index in [-0.39, 0.29) is 17.5 Å². The molecule has 0 aliphatic carbocycles. The van der Waals surface area contributed by atoms with Gasteiger partial charge in [0.05, 0.1) is 0 Å². The number of rotatable bonds is 6. The van der Waals surface area contributed by atoms with Crippen LogP contribution in [0, 0.1) is 0 Å². The Balaban J connectivity index is 3.17. The highest BCUT2D eigenvalue weighted by atomic mass is 16.4. The number of carboxylic acid groups (broad SMARTS) is 1. The van der Waals surface area contributed by atoms with E-state index >= 15 is 0 Å². The van der Waals surface area contributed by atoms with Crippen molar-refractivity contribution in [2.45, 2.75) is 18.9 Å². The molecule has 5 nitrogen and oxygen atoms in total. The van der Waals surface area contributed by atoms with E-state index in [1.807, 2.05) is 0 Å². The maximum Gasteiger partial charge on any atom is 0.337 e. The predicted molar refractivity (Wildman–Crippen MR) is 58.8 cm³/mol. The number of carboxylic acids is 1. The Morgan fingerprint density at radius 3 is 2.59 bits per heavy atom. The SMILES string of the molecule is O=CCCc1cccc(C(O)C(=O)O)c1C=O. The van der Waals surface area contributed by atoms with Crippen LogP contribution in [0.25, 0.3) is 0 Å². The number of benzene rings is 1. The molecule has 0 saturated carbocycles. The van der Waals surface area contributed by atoms with Crippen LogP contribution in [0.3, 0.4) is 0 Å². The van der Waals surface area contributed by atoms with Crippen molar-refractivity contribution in [3.8, 4) is 0 Å². The molecule has 0 fully saturated rings. The van der Waals surface area contributed by atoms with Crippen molar-refractivity contribution in [3.63, 3.8) is 0 Å². The van der Waals surface area contributed by atoms with Crippen molar-refractivity contribution in [1.82, 2.24) is 0 Å². The first kappa shape index (κ1) is 13.1. The fourth-order valence-electron chi connectivity index (χ4n) is 1.58. The molecule has 0 aliphatic heterocycles. The summed E-state index contributed by atoms with van der Waals surface area (Å²) in [4.78, 5) is 31.9. The molecule has 17 heavy (non-hydrogen) atoms. The van der Waals surface area contributed by atoms with Crippen molar-refractivity contribution in [1.29, 1.82) is 0 Å². The number of aliphatic carboxylic acids is 1. The molecule has 0 bridgehead atoms. The third kappa shape index (κ3) is 2.98. The molecule has 0 aromatic heterocycles. The third-order valence-corrected chi connectivity index (χ3v) is 2.41. The van der Waals surface area contributed by atoms with Crippen LogP contribution >= 0.6 is 0 Å². The second-order valence-electron chi connectivity index (χ2n) is 3.48. The fourth-order valence-corrected chi connectivity index (χ4v) is 1.58. The molecule has 1 aromatic carbocycles. The van der Waals surface area contributed by atoms with Crippen molar-refractivity contribution >= 4 is 18.5 Å². The van der Waals surface area contributed by atoms with E-state index < -0.39 is 12.1 Å². The first-order chi connectivity index (χ1) is 8.11. The summed E-state index contributed by atoms with van der Waals surface area (Å²) in [5, 5.41) is 18.1. The van der Waals surface area contributed by atoms with Crippen LogP contribution in [-0.4, -0.2) is 28.8 Å². The zero-order valence-electron chi connectivity index (χ0n) is 9.00. The van der Waals surface area contributed by atoms with Crippen LogP contribution in [-0.2, 0) is 16.0 Å². The second-order valence-corrected chi connectivity index (χ2v) is 3.48. The highest BCUT2D eigenvalue weighted by molar-refractivity contribution is 5.84. The van der Waals surface area contributed by atoms with Gasteiger partial charge in [-0.3, -0.25) is 4.79 Å². The van der Waals surface area contributed by atoms with E-state index in [1.165, 1.54) is 6.07 Å². The summed E-state index contributed by atoms with van der Waals surface area (Å²) in [7, 11) is 0. The van der Waals surface area contributed by atoms with E-state index in [2.05, 4.69) is 0 Å². The Bertz CT molecular complexity index is 439. The number of carbonyl (C=O) groups is 3. The molecule has 90 valence electrons. The minimum absolute atomic E-state index is 0.0518. The van der Waals surface area contributed by atoms with Gasteiger partial charge in [0.15, 0.2) is 12.4 Å². The predicted octanol–water partition coefficient (Wildman–Crippen LogP) is 0.749. The normalized spacial score (nSPS) is 11.8. The second kappa shape index (κ2) is 5.91. The van der Waals surface area contributed by atoms with Gasteiger partial charge in [-0.05, 0) is 12.0 Å². The first-order valence-corrected chi connectivity index (χ1v) is 5.03. The number of hydrogen-bond donors (Lipinski definition) is 2. The van der Waals surface area contributed by atoms with Gasteiger partial charge in [-0.15, -0.1) is 0 Å². The van der Waals surface area contributed by atoms with Crippen molar-refractivity contribution in [3.05, 3.63) is 34.9 Å². The molecular formula is C12H12O5. The van der Waals surface area contributed by atoms with Gasteiger partial charge in [0, 0.05) is 17.5 Å². The molecule has 1 aromatic rings. The van der Waals surface area contributed by atoms with E-state index in [0.29, 0.717) is 18.3 Å². The zero-order chi connectivity index (χ0) is 12.8. The molecular weight excluding hydrogens is 224 g/mol. The first-order valence-electron chi connectivity index (χ1n) is 5.03. The lowest BCUT2D eigenvalue weighted by Gasteiger charge is -2.11. The maximum atomic E-state index is 10.9. The van der Waals surface area contributed by atoms with E-state index in [4.69, 9.17) is 5.11 Å². The van der Waals surface area contributed by atoms with Crippen LogP contribution in [0.2, 0.25) is 0 Å². The topological polar surface area (TPSA) is 91.7 Å². The minimum Gasteiger partial charge on any atom is -0.479 e. The Kier molecular flexibility index (Phi) is 4.54. The number of aliphatic hydroxyl groups excluding tert-OH is 1. The largest absolute Gasteiger partial charge is 0.479 e. The summed E-state index contributed by atoms with van der Waals surface area (Å²) in [6.45, 7) is 0. The fraction of sp³-hybridized carbons (Fsp3) is 0.250. The summed E-state index contributed by atoms with van der Waals surface area (Å²) in [5.41, 5.74) is 0.755. The zero-order valence-corrected chi connectivity index (χ0v) is 9.00. The number of aldehydes is 2. The average Bonchev–Trinajstić information content (AvgIpc) is 2.34. The highest BCUT2D eigenvalue weighted by Gasteiger charge is 2.20.